The van der Waals surface area contributed by atoms with Crippen molar-refractivity contribution in [2.75, 3.05) is 13.2 Å². The molecule has 2 amide bonds. The van der Waals surface area contributed by atoms with E-state index in [1.807, 2.05) is 0 Å². The number of carbonyl (C=O) groups is 2. The number of hydrogen-bond donors (Lipinski definition) is 3. The Bertz CT molecular complexity index is 231. The first-order chi connectivity index (χ1) is 6.63. The summed E-state index contributed by atoms with van der Waals surface area (Å²) in [7, 11) is 0. The van der Waals surface area contributed by atoms with Gasteiger partial charge in [-0.05, 0) is 6.42 Å². The summed E-state index contributed by atoms with van der Waals surface area (Å²) >= 11 is 0. The summed E-state index contributed by atoms with van der Waals surface area (Å²) in [4.78, 5) is 21.3. The van der Waals surface area contributed by atoms with Crippen molar-refractivity contribution in [1.29, 1.82) is 0 Å². The fraction of sp³-hybridized carbons (Fsp3) is 0.750. The molecule has 0 aliphatic carbocycles. The van der Waals surface area contributed by atoms with Crippen molar-refractivity contribution in [2.45, 2.75) is 25.5 Å². The molecule has 0 aromatic heterocycles. The van der Waals surface area contributed by atoms with E-state index in [2.05, 4.69) is 10.6 Å². The Balaban J connectivity index is 2.29. The highest BCUT2D eigenvalue weighted by molar-refractivity contribution is 5.72. The van der Waals surface area contributed by atoms with Gasteiger partial charge in [-0.25, -0.2) is 4.79 Å². The minimum absolute atomic E-state index is 0.115. The zero-order chi connectivity index (χ0) is 10.6. The third-order valence-corrected chi connectivity index (χ3v) is 2.02. The molecule has 0 bridgehead atoms. The number of rotatable bonds is 4. The van der Waals surface area contributed by atoms with Gasteiger partial charge in [0.1, 0.15) is 6.10 Å². The molecule has 1 fully saturated rings. The zero-order valence-electron chi connectivity index (χ0n) is 7.95. The van der Waals surface area contributed by atoms with Crippen LogP contribution in [0.4, 0.5) is 4.79 Å². The Kier molecular flexibility index (Phi) is 3.70. The molecule has 2 unspecified atom stereocenters. The lowest BCUT2D eigenvalue weighted by atomic mass is 10.1. The summed E-state index contributed by atoms with van der Waals surface area (Å²) in [6.45, 7) is 1.68. The molecule has 80 valence electrons. The van der Waals surface area contributed by atoms with Crippen molar-refractivity contribution >= 4 is 12.0 Å². The summed E-state index contributed by atoms with van der Waals surface area (Å²) in [6.07, 6.45) is -0.468. The second-order valence-electron chi connectivity index (χ2n) is 3.15. The highest BCUT2D eigenvalue weighted by Gasteiger charge is 2.32. The van der Waals surface area contributed by atoms with Gasteiger partial charge in [0.15, 0.2) is 0 Å². The maximum absolute atomic E-state index is 10.8. The SMILES string of the molecule is CC(=O)NCCC1NC(=O)OC1CO. The standard InChI is InChI=1S/C8H14N2O4/c1-5(12)9-3-2-6-7(4-11)14-8(13)10-6/h6-7,11H,2-4H2,1H3,(H,9,12)(H,10,13). The van der Waals surface area contributed by atoms with Crippen molar-refractivity contribution in [3.05, 3.63) is 0 Å². The van der Waals surface area contributed by atoms with Crippen molar-refractivity contribution < 1.29 is 19.4 Å². The van der Waals surface area contributed by atoms with E-state index in [9.17, 15) is 9.59 Å². The van der Waals surface area contributed by atoms with Gasteiger partial charge in [0.25, 0.3) is 0 Å². The molecule has 1 heterocycles. The Labute approximate surface area is 81.6 Å². The molecule has 6 heteroatoms. The van der Waals surface area contributed by atoms with Crippen molar-refractivity contribution in [1.82, 2.24) is 10.6 Å². The van der Waals surface area contributed by atoms with Gasteiger partial charge in [0, 0.05) is 13.5 Å². The van der Waals surface area contributed by atoms with Crippen LogP contribution in [0.25, 0.3) is 0 Å². The van der Waals surface area contributed by atoms with E-state index in [1.54, 1.807) is 0 Å². The number of cyclic esters (lactones) is 1. The molecular formula is C8H14N2O4. The zero-order valence-corrected chi connectivity index (χ0v) is 7.95. The van der Waals surface area contributed by atoms with E-state index >= 15 is 0 Å². The predicted octanol–water partition coefficient (Wildman–Crippen LogP) is -1.02. The minimum atomic E-state index is -0.517. The van der Waals surface area contributed by atoms with Crippen LogP contribution in [0, 0.1) is 0 Å². The van der Waals surface area contributed by atoms with E-state index in [0.29, 0.717) is 13.0 Å². The fourth-order valence-electron chi connectivity index (χ4n) is 1.32. The molecule has 0 saturated carbocycles. The summed E-state index contributed by atoms with van der Waals surface area (Å²) in [5.74, 6) is -0.115. The van der Waals surface area contributed by atoms with Crippen LogP contribution in [0.3, 0.4) is 0 Å². The highest BCUT2D eigenvalue weighted by Crippen LogP contribution is 2.10. The molecule has 6 nitrogen and oxygen atoms in total. The molecule has 1 aliphatic rings. The quantitative estimate of drug-likeness (QED) is 0.544. The largest absolute Gasteiger partial charge is 0.442 e. The Morgan fingerprint density at radius 3 is 3.00 bits per heavy atom. The van der Waals surface area contributed by atoms with E-state index < -0.39 is 12.2 Å². The molecule has 0 aromatic rings. The first kappa shape index (κ1) is 10.8. The lowest BCUT2D eigenvalue weighted by Gasteiger charge is -2.14. The normalized spacial score (nSPS) is 25.4. The molecule has 1 saturated heterocycles. The smallest absolute Gasteiger partial charge is 0.407 e. The van der Waals surface area contributed by atoms with Gasteiger partial charge in [-0.2, -0.15) is 0 Å². The van der Waals surface area contributed by atoms with Crippen molar-refractivity contribution in [2.24, 2.45) is 0 Å². The van der Waals surface area contributed by atoms with Crippen LogP contribution < -0.4 is 10.6 Å². The summed E-state index contributed by atoms with van der Waals surface area (Å²) in [5.41, 5.74) is 0. The van der Waals surface area contributed by atoms with Crippen LogP contribution in [0.15, 0.2) is 0 Å². The van der Waals surface area contributed by atoms with E-state index in [-0.39, 0.29) is 18.6 Å². The lowest BCUT2D eigenvalue weighted by molar-refractivity contribution is -0.119. The monoisotopic (exact) mass is 202 g/mol. The summed E-state index contributed by atoms with van der Waals surface area (Å²) < 4.78 is 4.77. The average Bonchev–Trinajstić information content (AvgIpc) is 2.45. The second kappa shape index (κ2) is 4.80. The number of hydrogen-bond acceptors (Lipinski definition) is 4. The molecule has 2 atom stereocenters. The maximum Gasteiger partial charge on any atom is 0.407 e. The van der Waals surface area contributed by atoms with Gasteiger partial charge >= 0.3 is 6.09 Å². The van der Waals surface area contributed by atoms with Gasteiger partial charge in [-0.15, -0.1) is 0 Å². The number of aliphatic hydroxyl groups excluding tert-OH is 1. The maximum atomic E-state index is 10.8. The predicted molar refractivity (Wildman–Crippen MR) is 47.6 cm³/mol. The molecule has 0 radical (unpaired) electrons. The molecule has 0 aromatic carbocycles. The van der Waals surface area contributed by atoms with Crippen LogP contribution >= 0.6 is 0 Å². The first-order valence-electron chi connectivity index (χ1n) is 4.46. The topological polar surface area (TPSA) is 87.7 Å². The van der Waals surface area contributed by atoms with Crippen LogP contribution in [0.2, 0.25) is 0 Å². The van der Waals surface area contributed by atoms with Gasteiger partial charge in [-0.3, -0.25) is 4.79 Å². The summed E-state index contributed by atoms with van der Waals surface area (Å²) in [6, 6.07) is -0.223. The van der Waals surface area contributed by atoms with Gasteiger partial charge < -0.3 is 20.5 Å². The molecule has 14 heavy (non-hydrogen) atoms. The molecule has 1 aliphatic heterocycles. The first-order valence-corrected chi connectivity index (χ1v) is 4.46. The van der Waals surface area contributed by atoms with Gasteiger partial charge in [0.05, 0.1) is 12.6 Å². The van der Waals surface area contributed by atoms with Crippen LogP contribution in [0.1, 0.15) is 13.3 Å². The van der Waals surface area contributed by atoms with Crippen LogP contribution in [-0.4, -0.2) is 42.4 Å². The second-order valence-corrected chi connectivity index (χ2v) is 3.15. The van der Waals surface area contributed by atoms with Gasteiger partial charge in [-0.1, -0.05) is 0 Å². The number of nitrogens with one attached hydrogen (secondary N) is 2. The molecule has 3 N–H and O–H groups in total. The average molecular weight is 202 g/mol. The van der Waals surface area contributed by atoms with Crippen molar-refractivity contribution in [3.63, 3.8) is 0 Å². The van der Waals surface area contributed by atoms with Crippen LogP contribution in [0.5, 0.6) is 0 Å². The Morgan fingerprint density at radius 2 is 2.43 bits per heavy atom. The van der Waals surface area contributed by atoms with Gasteiger partial charge in [0.2, 0.25) is 5.91 Å². The fourth-order valence-corrected chi connectivity index (χ4v) is 1.32. The molecule has 0 spiro atoms. The number of ether oxygens (including phenoxy) is 1. The Hall–Kier alpha value is -1.30. The van der Waals surface area contributed by atoms with Crippen molar-refractivity contribution in [3.8, 4) is 0 Å². The Morgan fingerprint density at radius 1 is 1.71 bits per heavy atom. The number of carbonyl (C=O) groups excluding carboxylic acids is 2. The van der Waals surface area contributed by atoms with E-state index in [0.717, 1.165) is 0 Å². The highest BCUT2D eigenvalue weighted by atomic mass is 16.6. The molecular weight excluding hydrogens is 188 g/mol. The summed E-state index contributed by atoms with van der Waals surface area (Å²) in [5, 5.41) is 14.0. The minimum Gasteiger partial charge on any atom is -0.442 e. The van der Waals surface area contributed by atoms with Crippen LogP contribution in [-0.2, 0) is 9.53 Å². The number of alkyl carbamates (subject to hydrolysis) is 1. The lowest BCUT2D eigenvalue weighted by Crippen LogP contribution is -2.37. The van der Waals surface area contributed by atoms with E-state index in [1.165, 1.54) is 6.92 Å². The molecule has 1 rings (SSSR count). The third kappa shape index (κ3) is 2.88. The number of amides is 2. The number of aliphatic hydroxyl groups is 1. The third-order valence-electron chi connectivity index (χ3n) is 2.02. The van der Waals surface area contributed by atoms with E-state index in [4.69, 9.17) is 9.84 Å².